The average molecular weight is 258 g/mol. The fourth-order valence-electron chi connectivity index (χ4n) is 2.00. The highest BCUT2D eigenvalue weighted by Gasteiger charge is 2.14. The Morgan fingerprint density at radius 2 is 2.35 bits per heavy atom. The molecule has 1 aromatic rings. The van der Waals surface area contributed by atoms with Crippen LogP contribution < -0.4 is 5.32 Å². The number of nitrogens with one attached hydrogen (secondary N) is 1. The monoisotopic (exact) mass is 257 g/mol. The van der Waals surface area contributed by atoms with Gasteiger partial charge in [0.15, 0.2) is 0 Å². The largest absolute Gasteiger partial charge is 0.381 e. The van der Waals surface area contributed by atoms with Crippen LogP contribution in [-0.2, 0) is 11.3 Å². The molecule has 17 heavy (non-hydrogen) atoms. The highest BCUT2D eigenvalue weighted by Crippen LogP contribution is 2.16. The van der Waals surface area contributed by atoms with Gasteiger partial charge in [-0.15, -0.1) is 0 Å². The summed E-state index contributed by atoms with van der Waals surface area (Å²) in [5.74, 6) is 0.333. The highest BCUT2D eigenvalue weighted by molar-refractivity contribution is 6.30. The van der Waals surface area contributed by atoms with Gasteiger partial charge in [-0.1, -0.05) is 17.7 Å². The second kappa shape index (κ2) is 6.34. The molecule has 1 aliphatic rings. The van der Waals surface area contributed by atoms with Gasteiger partial charge in [0.05, 0.1) is 5.02 Å². The van der Waals surface area contributed by atoms with Crippen molar-refractivity contribution >= 4 is 11.6 Å². The molecule has 0 bridgehead atoms. The number of rotatable bonds is 5. The first-order valence-electron chi connectivity index (χ1n) is 5.98. The average Bonchev–Trinajstić information content (AvgIpc) is 2.82. The van der Waals surface area contributed by atoms with E-state index in [2.05, 4.69) is 5.32 Å². The van der Waals surface area contributed by atoms with Gasteiger partial charge in [-0.2, -0.15) is 0 Å². The van der Waals surface area contributed by atoms with Crippen molar-refractivity contribution in [1.82, 2.24) is 5.32 Å². The Morgan fingerprint density at radius 1 is 1.47 bits per heavy atom. The van der Waals surface area contributed by atoms with Crippen LogP contribution in [0.25, 0.3) is 0 Å². The highest BCUT2D eigenvalue weighted by atomic mass is 35.5. The first-order chi connectivity index (χ1) is 8.25. The molecule has 1 N–H and O–H groups in total. The van der Waals surface area contributed by atoms with Crippen LogP contribution in [-0.4, -0.2) is 19.8 Å². The summed E-state index contributed by atoms with van der Waals surface area (Å²) in [5, 5.41) is 3.49. The Morgan fingerprint density at radius 3 is 3.06 bits per heavy atom. The molecule has 2 rings (SSSR count). The fraction of sp³-hybridized carbons (Fsp3) is 0.538. The van der Waals surface area contributed by atoms with Crippen molar-refractivity contribution < 1.29 is 9.13 Å². The maximum atomic E-state index is 13.2. The van der Waals surface area contributed by atoms with E-state index in [0.29, 0.717) is 12.5 Å². The van der Waals surface area contributed by atoms with Crippen LogP contribution in [0.5, 0.6) is 0 Å². The van der Waals surface area contributed by atoms with Crippen molar-refractivity contribution in [1.29, 1.82) is 0 Å². The van der Waals surface area contributed by atoms with Crippen molar-refractivity contribution in [3.05, 3.63) is 34.6 Å². The molecule has 2 nitrogen and oxygen atoms in total. The molecule has 0 radical (unpaired) electrons. The van der Waals surface area contributed by atoms with Gasteiger partial charge >= 0.3 is 0 Å². The van der Waals surface area contributed by atoms with Crippen LogP contribution in [0.3, 0.4) is 0 Å². The molecule has 1 saturated heterocycles. The summed E-state index contributed by atoms with van der Waals surface area (Å²) in [7, 11) is 0. The van der Waals surface area contributed by atoms with Crippen LogP contribution in [0, 0.1) is 11.7 Å². The Balaban J connectivity index is 1.68. The molecule has 0 saturated carbocycles. The van der Waals surface area contributed by atoms with Gasteiger partial charge in [-0.3, -0.25) is 0 Å². The first kappa shape index (κ1) is 12.8. The van der Waals surface area contributed by atoms with E-state index in [1.807, 2.05) is 6.07 Å². The third-order valence-electron chi connectivity index (χ3n) is 3.07. The summed E-state index contributed by atoms with van der Waals surface area (Å²) in [6.45, 7) is 3.41. The van der Waals surface area contributed by atoms with Crippen LogP contribution in [0.15, 0.2) is 18.2 Å². The number of benzene rings is 1. The van der Waals surface area contributed by atoms with E-state index in [1.54, 1.807) is 6.07 Å². The number of ether oxygens (including phenoxy) is 1. The lowest BCUT2D eigenvalue weighted by molar-refractivity contribution is 0.184. The van der Waals surface area contributed by atoms with Crippen molar-refractivity contribution in [3.63, 3.8) is 0 Å². The van der Waals surface area contributed by atoms with Crippen LogP contribution in [0.1, 0.15) is 18.4 Å². The molecule has 0 aromatic heterocycles. The lowest BCUT2D eigenvalue weighted by atomic mass is 10.1. The maximum Gasteiger partial charge on any atom is 0.142 e. The van der Waals surface area contributed by atoms with Gasteiger partial charge in [0.1, 0.15) is 5.82 Å². The van der Waals surface area contributed by atoms with Gasteiger partial charge in [0.2, 0.25) is 0 Å². The molecular formula is C13H17ClFNO. The molecule has 1 aromatic carbocycles. The third-order valence-corrected chi connectivity index (χ3v) is 3.37. The quantitative estimate of drug-likeness (QED) is 0.819. The second-order valence-corrected chi connectivity index (χ2v) is 4.85. The van der Waals surface area contributed by atoms with Gasteiger partial charge in [0, 0.05) is 19.8 Å². The predicted molar refractivity (Wildman–Crippen MR) is 66.7 cm³/mol. The van der Waals surface area contributed by atoms with E-state index < -0.39 is 0 Å². The molecule has 1 atom stereocenters. The van der Waals surface area contributed by atoms with Crippen molar-refractivity contribution in [2.45, 2.75) is 19.4 Å². The van der Waals surface area contributed by atoms with E-state index in [9.17, 15) is 4.39 Å². The van der Waals surface area contributed by atoms with Crippen molar-refractivity contribution in [2.75, 3.05) is 19.8 Å². The summed E-state index contributed by atoms with van der Waals surface area (Å²) in [6.07, 6.45) is 2.29. The van der Waals surface area contributed by atoms with Gasteiger partial charge in [0.25, 0.3) is 0 Å². The zero-order chi connectivity index (χ0) is 12.1. The maximum absolute atomic E-state index is 13.2. The normalized spacial score (nSPS) is 19.8. The molecule has 1 heterocycles. The Labute approximate surface area is 106 Å². The zero-order valence-corrected chi connectivity index (χ0v) is 10.5. The molecule has 4 heteroatoms. The third kappa shape index (κ3) is 3.95. The van der Waals surface area contributed by atoms with Crippen molar-refractivity contribution in [3.8, 4) is 0 Å². The lowest BCUT2D eigenvalue weighted by Crippen LogP contribution is -2.18. The molecule has 0 aliphatic carbocycles. The fourth-order valence-corrected chi connectivity index (χ4v) is 2.12. The molecular weight excluding hydrogens is 241 g/mol. The van der Waals surface area contributed by atoms with Crippen molar-refractivity contribution in [2.24, 2.45) is 5.92 Å². The lowest BCUT2D eigenvalue weighted by Gasteiger charge is -2.09. The van der Waals surface area contributed by atoms with Gasteiger partial charge < -0.3 is 10.1 Å². The van der Waals surface area contributed by atoms with Gasteiger partial charge in [-0.25, -0.2) is 4.39 Å². The number of halogens is 2. The minimum Gasteiger partial charge on any atom is -0.381 e. The summed E-state index contributed by atoms with van der Waals surface area (Å²) >= 11 is 5.62. The molecule has 94 valence electrons. The standard InChI is InChI=1S/C13H17ClFNO/c14-12-2-1-11(7-13(12)15)8-16-5-3-10-4-6-17-9-10/h1-2,7,10,16H,3-6,8-9H2. The Kier molecular flexibility index (Phi) is 4.77. The van der Waals surface area contributed by atoms with E-state index >= 15 is 0 Å². The van der Waals surface area contributed by atoms with Crippen LogP contribution in [0.2, 0.25) is 5.02 Å². The summed E-state index contributed by atoms with van der Waals surface area (Å²) in [6, 6.07) is 4.92. The number of hydrogen-bond donors (Lipinski definition) is 1. The van der Waals surface area contributed by atoms with E-state index in [-0.39, 0.29) is 10.8 Å². The molecule has 1 aliphatic heterocycles. The van der Waals surface area contributed by atoms with Crippen LogP contribution in [0.4, 0.5) is 4.39 Å². The topological polar surface area (TPSA) is 21.3 Å². The predicted octanol–water partition coefficient (Wildman–Crippen LogP) is 3.00. The molecule has 1 unspecified atom stereocenters. The van der Waals surface area contributed by atoms with E-state index in [4.69, 9.17) is 16.3 Å². The van der Waals surface area contributed by atoms with Crippen LogP contribution >= 0.6 is 11.6 Å². The van der Waals surface area contributed by atoms with Gasteiger partial charge in [-0.05, 0) is 43.0 Å². The Hall–Kier alpha value is -0.640. The minimum absolute atomic E-state index is 0.178. The first-order valence-corrected chi connectivity index (χ1v) is 6.36. The smallest absolute Gasteiger partial charge is 0.142 e. The Bertz CT molecular complexity index is 366. The minimum atomic E-state index is -0.352. The summed E-state index contributed by atoms with van der Waals surface area (Å²) in [5.41, 5.74) is 0.926. The second-order valence-electron chi connectivity index (χ2n) is 4.44. The zero-order valence-electron chi connectivity index (χ0n) is 9.72. The number of hydrogen-bond acceptors (Lipinski definition) is 2. The van der Waals surface area contributed by atoms with E-state index in [0.717, 1.165) is 38.2 Å². The van der Waals surface area contributed by atoms with E-state index in [1.165, 1.54) is 6.07 Å². The molecule has 0 amide bonds. The summed E-state index contributed by atoms with van der Waals surface area (Å²) < 4.78 is 18.5. The SMILES string of the molecule is Fc1cc(CNCCC2CCOC2)ccc1Cl. The molecule has 1 fully saturated rings. The molecule has 0 spiro atoms. The summed E-state index contributed by atoms with van der Waals surface area (Å²) in [4.78, 5) is 0.